The molecule has 2 rings (SSSR count). The van der Waals surface area contributed by atoms with E-state index < -0.39 is 0 Å². The van der Waals surface area contributed by atoms with Gasteiger partial charge >= 0.3 is 0 Å². The summed E-state index contributed by atoms with van der Waals surface area (Å²) in [5.74, 6) is 0.760. The summed E-state index contributed by atoms with van der Waals surface area (Å²) < 4.78 is 1.53. The lowest BCUT2D eigenvalue weighted by atomic mass is 10.3. The molecule has 2 N–H and O–H groups in total. The second-order valence-corrected chi connectivity index (χ2v) is 3.02. The quantitative estimate of drug-likeness (QED) is 0.738. The van der Waals surface area contributed by atoms with E-state index in [1.54, 1.807) is 18.3 Å². The monoisotopic (exact) mass is 193 g/mol. The average Bonchev–Trinajstić information content (AvgIpc) is 2.59. The number of aromatic hydroxyl groups is 1. The van der Waals surface area contributed by atoms with Crippen LogP contribution in [0.1, 0.15) is 12.2 Å². The molecule has 0 bridgehead atoms. The number of hydrogen-bond acceptors (Lipinski definition) is 4. The van der Waals surface area contributed by atoms with E-state index >= 15 is 0 Å². The summed E-state index contributed by atoms with van der Waals surface area (Å²) in [6, 6.07) is 3.27. The summed E-state index contributed by atoms with van der Waals surface area (Å²) in [7, 11) is 0. The third-order valence-corrected chi connectivity index (χ3v) is 1.94. The van der Waals surface area contributed by atoms with Crippen LogP contribution in [-0.2, 0) is 6.42 Å². The van der Waals surface area contributed by atoms with E-state index in [1.807, 2.05) is 0 Å². The van der Waals surface area contributed by atoms with E-state index in [-0.39, 0.29) is 12.4 Å². The zero-order valence-electron chi connectivity index (χ0n) is 7.59. The molecule has 0 spiro atoms. The van der Waals surface area contributed by atoms with Crippen molar-refractivity contribution in [1.29, 1.82) is 0 Å². The predicted molar refractivity (Wildman–Crippen MR) is 50.1 cm³/mol. The molecule has 74 valence electrons. The topological polar surface area (TPSA) is 70.7 Å². The number of aromatic nitrogens is 3. The highest BCUT2D eigenvalue weighted by atomic mass is 16.3. The second kappa shape index (κ2) is 3.63. The normalized spacial score (nSPS) is 10.9. The van der Waals surface area contributed by atoms with Gasteiger partial charge in [0.05, 0.1) is 0 Å². The van der Waals surface area contributed by atoms with Crippen molar-refractivity contribution < 1.29 is 10.2 Å². The van der Waals surface area contributed by atoms with Crippen LogP contribution in [0.25, 0.3) is 5.65 Å². The van der Waals surface area contributed by atoms with Gasteiger partial charge in [0.1, 0.15) is 0 Å². The van der Waals surface area contributed by atoms with Gasteiger partial charge in [0, 0.05) is 19.2 Å². The molecule has 0 aliphatic heterocycles. The van der Waals surface area contributed by atoms with Crippen LogP contribution in [0.5, 0.6) is 5.75 Å². The molecule has 2 heterocycles. The van der Waals surface area contributed by atoms with Crippen molar-refractivity contribution >= 4 is 5.65 Å². The van der Waals surface area contributed by atoms with E-state index in [9.17, 15) is 5.11 Å². The maximum Gasteiger partial charge on any atom is 0.197 e. The lowest BCUT2D eigenvalue weighted by molar-refractivity contribution is 0.287. The Morgan fingerprint density at radius 3 is 3.00 bits per heavy atom. The van der Waals surface area contributed by atoms with Gasteiger partial charge < -0.3 is 10.2 Å². The van der Waals surface area contributed by atoms with Gasteiger partial charge in [-0.3, -0.25) is 0 Å². The third kappa shape index (κ3) is 1.54. The lowest BCUT2D eigenvalue weighted by Gasteiger charge is -1.91. The van der Waals surface area contributed by atoms with Crippen molar-refractivity contribution in [3.8, 4) is 5.75 Å². The molecule has 2 aromatic heterocycles. The molecule has 0 aliphatic carbocycles. The fourth-order valence-electron chi connectivity index (χ4n) is 1.28. The summed E-state index contributed by atoms with van der Waals surface area (Å²) in [4.78, 5) is 4.14. The minimum atomic E-state index is 0.121. The number of nitrogens with zero attached hydrogens (tertiary/aromatic N) is 3. The highest BCUT2D eigenvalue weighted by molar-refractivity contribution is 5.51. The number of aliphatic hydroxyl groups is 1. The fraction of sp³-hybridized carbons (Fsp3) is 0.333. The standard InChI is InChI=1S/C9H11N3O2/c13-6-2-4-8-10-9-7(14)3-1-5-12(9)11-8/h1,3,5,13-14H,2,4,6H2. The van der Waals surface area contributed by atoms with E-state index in [1.165, 1.54) is 4.52 Å². The molecule has 0 radical (unpaired) electrons. The first-order valence-corrected chi connectivity index (χ1v) is 4.45. The first-order valence-electron chi connectivity index (χ1n) is 4.45. The molecule has 0 aliphatic rings. The first-order chi connectivity index (χ1) is 6.81. The highest BCUT2D eigenvalue weighted by Crippen LogP contribution is 2.15. The van der Waals surface area contributed by atoms with Crippen LogP contribution in [0.4, 0.5) is 0 Å². The summed E-state index contributed by atoms with van der Waals surface area (Å²) in [5.41, 5.74) is 0.459. The summed E-state index contributed by atoms with van der Waals surface area (Å²) >= 11 is 0. The van der Waals surface area contributed by atoms with E-state index in [0.717, 1.165) is 0 Å². The van der Waals surface area contributed by atoms with E-state index in [0.29, 0.717) is 24.3 Å². The van der Waals surface area contributed by atoms with Crippen LogP contribution in [-0.4, -0.2) is 31.4 Å². The van der Waals surface area contributed by atoms with E-state index in [2.05, 4.69) is 10.1 Å². The summed E-state index contributed by atoms with van der Waals surface area (Å²) in [6.07, 6.45) is 2.99. The highest BCUT2D eigenvalue weighted by Gasteiger charge is 2.05. The molecular weight excluding hydrogens is 182 g/mol. The Hall–Kier alpha value is -1.62. The van der Waals surface area contributed by atoms with Crippen LogP contribution in [0.2, 0.25) is 0 Å². The number of fused-ring (bicyclic) bond motifs is 1. The maximum atomic E-state index is 9.44. The van der Waals surface area contributed by atoms with Gasteiger partial charge in [-0.2, -0.15) is 5.10 Å². The fourth-order valence-corrected chi connectivity index (χ4v) is 1.28. The van der Waals surface area contributed by atoms with Crippen LogP contribution < -0.4 is 0 Å². The molecule has 0 aromatic carbocycles. The second-order valence-electron chi connectivity index (χ2n) is 3.02. The Balaban J connectivity index is 2.36. The minimum Gasteiger partial charge on any atom is -0.504 e. The average molecular weight is 193 g/mol. The predicted octanol–water partition coefficient (Wildman–Crippen LogP) is 0.360. The summed E-state index contributed by atoms with van der Waals surface area (Å²) in [6.45, 7) is 0.127. The van der Waals surface area contributed by atoms with Gasteiger partial charge in [-0.15, -0.1) is 0 Å². The number of aryl methyl sites for hydroxylation is 1. The lowest BCUT2D eigenvalue weighted by Crippen LogP contribution is -1.92. The van der Waals surface area contributed by atoms with Crippen molar-refractivity contribution in [1.82, 2.24) is 14.6 Å². The Morgan fingerprint density at radius 1 is 1.43 bits per heavy atom. The summed E-state index contributed by atoms with van der Waals surface area (Å²) in [5, 5.41) is 22.2. The molecule has 0 saturated carbocycles. The zero-order chi connectivity index (χ0) is 9.97. The van der Waals surface area contributed by atoms with Crippen molar-refractivity contribution in [2.45, 2.75) is 12.8 Å². The van der Waals surface area contributed by atoms with Crippen molar-refractivity contribution in [3.05, 3.63) is 24.2 Å². The van der Waals surface area contributed by atoms with Gasteiger partial charge in [0.25, 0.3) is 0 Å². The molecule has 5 nitrogen and oxygen atoms in total. The Bertz CT molecular complexity index is 439. The van der Waals surface area contributed by atoms with Crippen molar-refractivity contribution in [2.24, 2.45) is 0 Å². The molecule has 5 heteroatoms. The van der Waals surface area contributed by atoms with Gasteiger partial charge in [-0.05, 0) is 18.6 Å². The smallest absolute Gasteiger partial charge is 0.197 e. The molecule has 0 saturated heterocycles. The van der Waals surface area contributed by atoms with Gasteiger partial charge in [-0.25, -0.2) is 9.50 Å². The van der Waals surface area contributed by atoms with E-state index in [4.69, 9.17) is 5.11 Å². The maximum absolute atomic E-state index is 9.44. The largest absolute Gasteiger partial charge is 0.504 e. The van der Waals surface area contributed by atoms with Crippen molar-refractivity contribution in [3.63, 3.8) is 0 Å². The molecule has 0 fully saturated rings. The Kier molecular flexibility index (Phi) is 2.32. The van der Waals surface area contributed by atoms with Crippen LogP contribution in [0.3, 0.4) is 0 Å². The first kappa shape index (κ1) is 8.96. The van der Waals surface area contributed by atoms with Gasteiger partial charge in [0.15, 0.2) is 17.2 Å². The number of rotatable bonds is 3. The molecule has 0 atom stereocenters. The van der Waals surface area contributed by atoms with Crippen LogP contribution >= 0.6 is 0 Å². The van der Waals surface area contributed by atoms with Gasteiger partial charge in [-0.1, -0.05) is 0 Å². The molecule has 2 aromatic rings. The van der Waals surface area contributed by atoms with Crippen LogP contribution in [0.15, 0.2) is 18.3 Å². The third-order valence-electron chi connectivity index (χ3n) is 1.94. The Morgan fingerprint density at radius 2 is 2.29 bits per heavy atom. The van der Waals surface area contributed by atoms with Crippen LogP contribution in [0, 0.1) is 0 Å². The zero-order valence-corrected chi connectivity index (χ0v) is 7.59. The molecule has 14 heavy (non-hydrogen) atoms. The number of hydrogen-bond donors (Lipinski definition) is 2. The van der Waals surface area contributed by atoms with Crippen molar-refractivity contribution in [2.75, 3.05) is 6.61 Å². The molecule has 0 unspecified atom stereocenters. The number of pyridine rings is 1. The minimum absolute atomic E-state index is 0.121. The SMILES string of the molecule is OCCCc1nc2c(O)cccn2n1. The number of aliphatic hydroxyl groups excluding tert-OH is 1. The van der Waals surface area contributed by atoms with Gasteiger partial charge in [0.2, 0.25) is 0 Å². The molecular formula is C9H11N3O2. The Labute approximate surface area is 80.6 Å². The molecule has 0 amide bonds.